The van der Waals surface area contributed by atoms with Crippen molar-refractivity contribution in [1.29, 1.82) is 0 Å². The number of ether oxygens (including phenoxy) is 1. The number of anilines is 1. The first-order valence-corrected chi connectivity index (χ1v) is 8.29. The Morgan fingerprint density at radius 1 is 1.23 bits per heavy atom. The molecular formula is C18H18F3N3O2. The Morgan fingerprint density at radius 3 is 2.77 bits per heavy atom. The van der Waals surface area contributed by atoms with Gasteiger partial charge in [-0.1, -0.05) is 12.1 Å². The third kappa shape index (κ3) is 4.50. The summed E-state index contributed by atoms with van der Waals surface area (Å²) in [6.07, 6.45) is -1.87. The first kappa shape index (κ1) is 18.2. The molecule has 1 aromatic heterocycles. The topological polar surface area (TPSA) is 55.3 Å². The molecule has 0 saturated carbocycles. The number of halogens is 3. The zero-order valence-corrected chi connectivity index (χ0v) is 13.9. The lowest BCUT2D eigenvalue weighted by molar-refractivity contribution is -0.141. The van der Waals surface area contributed by atoms with E-state index in [2.05, 4.69) is 10.2 Å². The monoisotopic (exact) mass is 365 g/mol. The summed E-state index contributed by atoms with van der Waals surface area (Å²) in [6, 6.07) is 9.22. The highest BCUT2D eigenvalue weighted by Crippen LogP contribution is 2.28. The fraction of sp³-hybridized carbons (Fsp3) is 0.389. The van der Waals surface area contributed by atoms with Gasteiger partial charge in [0.05, 0.1) is 6.61 Å². The van der Waals surface area contributed by atoms with Gasteiger partial charge in [-0.2, -0.15) is 13.2 Å². The number of carbonyl (C=O) groups excluding carboxylic acids is 1. The van der Waals surface area contributed by atoms with Gasteiger partial charge in [-0.25, -0.2) is 0 Å². The molecule has 0 amide bonds. The highest BCUT2D eigenvalue weighted by Gasteiger charge is 2.33. The molecule has 0 radical (unpaired) electrons. The van der Waals surface area contributed by atoms with Gasteiger partial charge in [0.1, 0.15) is 12.0 Å². The van der Waals surface area contributed by atoms with E-state index in [9.17, 15) is 18.0 Å². The van der Waals surface area contributed by atoms with Gasteiger partial charge < -0.3 is 9.64 Å². The van der Waals surface area contributed by atoms with Gasteiger partial charge in [-0.05, 0) is 37.1 Å². The lowest BCUT2D eigenvalue weighted by Gasteiger charge is -2.33. The van der Waals surface area contributed by atoms with Crippen molar-refractivity contribution in [3.63, 3.8) is 0 Å². The minimum absolute atomic E-state index is 0.215. The molecule has 0 spiro atoms. The normalized spacial score (nSPS) is 17.8. The van der Waals surface area contributed by atoms with Gasteiger partial charge >= 0.3 is 6.18 Å². The number of aldehydes is 1. The van der Waals surface area contributed by atoms with Crippen LogP contribution >= 0.6 is 0 Å². The van der Waals surface area contributed by atoms with Crippen LogP contribution in [0.4, 0.5) is 19.0 Å². The highest BCUT2D eigenvalue weighted by atomic mass is 19.4. The van der Waals surface area contributed by atoms with Crippen LogP contribution in [0.1, 0.15) is 28.9 Å². The molecule has 1 aromatic carbocycles. The number of aromatic nitrogens is 2. The molecule has 5 nitrogen and oxygen atoms in total. The van der Waals surface area contributed by atoms with Crippen molar-refractivity contribution in [2.45, 2.75) is 19.0 Å². The number of nitrogens with zero attached hydrogens (tertiary/aromatic N) is 3. The first-order chi connectivity index (χ1) is 12.5. The molecule has 26 heavy (non-hydrogen) atoms. The minimum Gasteiger partial charge on any atom is -0.493 e. The Morgan fingerprint density at radius 2 is 2.08 bits per heavy atom. The Kier molecular flexibility index (Phi) is 5.39. The van der Waals surface area contributed by atoms with Crippen LogP contribution in [0.15, 0.2) is 36.4 Å². The number of piperidine rings is 1. The first-order valence-electron chi connectivity index (χ1n) is 8.29. The number of alkyl halides is 3. The van der Waals surface area contributed by atoms with Gasteiger partial charge in [-0.15, -0.1) is 10.2 Å². The molecule has 2 aromatic rings. The molecular weight excluding hydrogens is 347 g/mol. The van der Waals surface area contributed by atoms with E-state index in [0.717, 1.165) is 31.7 Å². The fourth-order valence-electron chi connectivity index (χ4n) is 2.95. The molecule has 1 unspecified atom stereocenters. The lowest BCUT2D eigenvalue weighted by atomic mass is 9.99. The van der Waals surface area contributed by atoms with E-state index < -0.39 is 11.9 Å². The molecule has 3 rings (SSSR count). The van der Waals surface area contributed by atoms with Crippen LogP contribution in [0.25, 0.3) is 0 Å². The van der Waals surface area contributed by atoms with Crippen molar-refractivity contribution in [3.05, 3.63) is 47.7 Å². The summed E-state index contributed by atoms with van der Waals surface area (Å²) in [6.45, 7) is 1.82. The van der Waals surface area contributed by atoms with E-state index in [1.807, 2.05) is 4.90 Å². The van der Waals surface area contributed by atoms with Crippen molar-refractivity contribution in [2.24, 2.45) is 5.92 Å². The van der Waals surface area contributed by atoms with E-state index in [1.165, 1.54) is 6.07 Å². The quantitative estimate of drug-likeness (QED) is 0.758. The zero-order valence-electron chi connectivity index (χ0n) is 13.9. The molecule has 2 heterocycles. The van der Waals surface area contributed by atoms with Crippen LogP contribution in [0.3, 0.4) is 0 Å². The molecule has 0 aliphatic carbocycles. The summed E-state index contributed by atoms with van der Waals surface area (Å²) >= 11 is 0. The summed E-state index contributed by atoms with van der Waals surface area (Å²) in [7, 11) is 0. The molecule has 0 bridgehead atoms. The number of benzene rings is 1. The standard InChI is InChI=1S/C18H18F3N3O2/c19-18(20,21)16-6-7-17(23-22-16)24-8-2-4-14(10-24)12-26-15-5-1-3-13(9-15)11-25/h1,3,5-7,9,11,14H,2,4,8,10,12H2. The average Bonchev–Trinajstić information content (AvgIpc) is 2.66. The largest absolute Gasteiger partial charge is 0.493 e. The van der Waals surface area contributed by atoms with Crippen molar-refractivity contribution >= 4 is 12.1 Å². The van der Waals surface area contributed by atoms with Crippen molar-refractivity contribution in [3.8, 4) is 5.75 Å². The summed E-state index contributed by atoms with van der Waals surface area (Å²) in [4.78, 5) is 12.7. The van der Waals surface area contributed by atoms with E-state index in [-0.39, 0.29) is 5.92 Å². The van der Waals surface area contributed by atoms with Gasteiger partial charge in [0.25, 0.3) is 0 Å². The van der Waals surface area contributed by atoms with E-state index in [1.54, 1.807) is 24.3 Å². The molecule has 1 aliphatic rings. The minimum atomic E-state index is -4.49. The molecule has 8 heteroatoms. The zero-order chi connectivity index (χ0) is 18.6. The maximum Gasteiger partial charge on any atom is 0.435 e. The lowest BCUT2D eigenvalue weighted by Crippen LogP contribution is -2.38. The van der Waals surface area contributed by atoms with Crippen molar-refractivity contribution < 1.29 is 22.7 Å². The molecule has 138 valence electrons. The Hall–Kier alpha value is -2.64. The van der Waals surface area contributed by atoms with E-state index in [4.69, 9.17) is 4.74 Å². The third-order valence-corrected chi connectivity index (χ3v) is 4.26. The molecule has 0 N–H and O–H groups in total. The SMILES string of the molecule is O=Cc1cccc(OCC2CCCN(c3ccc(C(F)(F)F)nn3)C2)c1. The predicted molar refractivity (Wildman–Crippen MR) is 89.3 cm³/mol. The Bertz CT molecular complexity index is 750. The van der Waals surface area contributed by atoms with Gasteiger partial charge in [-0.3, -0.25) is 4.79 Å². The van der Waals surface area contributed by atoms with Crippen LogP contribution in [-0.4, -0.2) is 36.2 Å². The molecule has 1 saturated heterocycles. The van der Waals surface area contributed by atoms with Gasteiger partial charge in [0.15, 0.2) is 11.5 Å². The summed E-state index contributed by atoms with van der Waals surface area (Å²) in [5.74, 6) is 1.28. The molecule has 1 aliphatic heterocycles. The Labute approximate surface area is 148 Å². The second-order valence-electron chi connectivity index (χ2n) is 6.23. The third-order valence-electron chi connectivity index (χ3n) is 4.26. The number of rotatable bonds is 5. The van der Waals surface area contributed by atoms with Crippen LogP contribution in [0, 0.1) is 5.92 Å². The molecule has 1 fully saturated rings. The van der Waals surface area contributed by atoms with E-state index >= 15 is 0 Å². The maximum absolute atomic E-state index is 12.6. The summed E-state index contributed by atoms with van der Waals surface area (Å²) < 4.78 is 43.5. The van der Waals surface area contributed by atoms with Gasteiger partial charge in [0, 0.05) is 24.6 Å². The van der Waals surface area contributed by atoms with Crippen LogP contribution in [-0.2, 0) is 6.18 Å². The highest BCUT2D eigenvalue weighted by molar-refractivity contribution is 5.75. The van der Waals surface area contributed by atoms with Gasteiger partial charge in [0.2, 0.25) is 0 Å². The second-order valence-corrected chi connectivity index (χ2v) is 6.23. The van der Waals surface area contributed by atoms with Crippen LogP contribution < -0.4 is 9.64 Å². The number of hydrogen-bond acceptors (Lipinski definition) is 5. The van der Waals surface area contributed by atoms with Crippen molar-refractivity contribution in [2.75, 3.05) is 24.6 Å². The number of carbonyl (C=O) groups is 1. The smallest absolute Gasteiger partial charge is 0.435 e. The van der Waals surface area contributed by atoms with E-state index in [0.29, 0.717) is 30.3 Å². The number of hydrogen-bond donors (Lipinski definition) is 0. The fourth-order valence-corrected chi connectivity index (χ4v) is 2.95. The van der Waals surface area contributed by atoms with Crippen molar-refractivity contribution in [1.82, 2.24) is 10.2 Å². The second kappa shape index (κ2) is 7.72. The Balaban J connectivity index is 1.59. The predicted octanol–water partition coefficient (Wildman–Crippen LogP) is 3.60. The average molecular weight is 365 g/mol. The van der Waals surface area contributed by atoms with Crippen LogP contribution in [0.5, 0.6) is 5.75 Å². The molecule has 1 atom stereocenters. The summed E-state index contributed by atoms with van der Waals surface area (Å²) in [5.41, 5.74) is -0.444. The maximum atomic E-state index is 12.6. The van der Waals surface area contributed by atoms with Crippen LogP contribution in [0.2, 0.25) is 0 Å². The summed E-state index contributed by atoms with van der Waals surface area (Å²) in [5, 5.41) is 7.00.